The fraction of sp³-hybridized carbons (Fsp3) is 0.520. The predicted molar refractivity (Wildman–Crippen MR) is 128 cm³/mol. The van der Waals surface area contributed by atoms with Crippen LogP contribution in [0.5, 0.6) is 0 Å². The number of carbonyl (C=O) groups is 2. The summed E-state index contributed by atoms with van der Waals surface area (Å²) in [5.74, 6) is -4.51. The first-order valence-corrected chi connectivity index (χ1v) is 11.9. The highest BCUT2D eigenvalue weighted by molar-refractivity contribution is 5.95. The molecule has 3 atom stereocenters. The van der Waals surface area contributed by atoms with Crippen LogP contribution in [-0.4, -0.2) is 79.1 Å². The summed E-state index contributed by atoms with van der Waals surface area (Å²) in [6.45, 7) is 2.24. The molecule has 1 aromatic heterocycles. The zero-order valence-corrected chi connectivity index (χ0v) is 20.0. The Morgan fingerprint density at radius 3 is 2.56 bits per heavy atom. The van der Waals surface area contributed by atoms with Crippen molar-refractivity contribution in [1.29, 1.82) is 5.26 Å². The standard InChI is InChI=1S/C25H29F3N6O2/c1-32-7-9-33(10-8-32)22(35)12-20(24(30)36)17-11-18(25(26,27)28)15-34(14-17)21-5-4-16(13-29)23-19(21)3-2-6-31-23/h2-6,17-18,20H,7-12,14-15H2,1H3,(H2,30,36). The number of carbonyl (C=O) groups excluding carboxylic acids is 2. The quantitative estimate of drug-likeness (QED) is 0.673. The number of aromatic nitrogens is 1. The van der Waals surface area contributed by atoms with Crippen molar-refractivity contribution in [2.45, 2.75) is 19.0 Å². The largest absolute Gasteiger partial charge is 0.393 e. The lowest BCUT2D eigenvalue weighted by molar-refractivity contribution is -0.181. The molecule has 192 valence electrons. The van der Waals surface area contributed by atoms with E-state index in [0.717, 1.165) is 0 Å². The number of halogens is 3. The summed E-state index contributed by atoms with van der Waals surface area (Å²) in [7, 11) is 1.95. The number of likely N-dealkylation sites (N-methyl/N-ethyl adjacent to an activating group) is 1. The molecule has 4 rings (SSSR count). The van der Waals surface area contributed by atoms with Crippen LogP contribution in [0.2, 0.25) is 0 Å². The van der Waals surface area contributed by atoms with E-state index in [1.807, 2.05) is 7.05 Å². The summed E-state index contributed by atoms with van der Waals surface area (Å²) in [6, 6.07) is 8.60. The number of benzene rings is 1. The number of piperazine rings is 1. The van der Waals surface area contributed by atoms with Crippen molar-refractivity contribution in [2.75, 3.05) is 51.2 Å². The van der Waals surface area contributed by atoms with Crippen molar-refractivity contribution in [3.8, 4) is 6.07 Å². The lowest BCUT2D eigenvalue weighted by Crippen LogP contribution is -2.51. The Labute approximate surface area is 207 Å². The Kier molecular flexibility index (Phi) is 7.36. The Balaban J connectivity index is 1.64. The van der Waals surface area contributed by atoms with Crippen LogP contribution in [0.4, 0.5) is 18.9 Å². The summed E-state index contributed by atoms with van der Waals surface area (Å²) >= 11 is 0. The second-order valence-corrected chi connectivity index (χ2v) is 9.68. The number of hydrogen-bond donors (Lipinski definition) is 1. The molecule has 1 aromatic carbocycles. The third-order valence-electron chi connectivity index (χ3n) is 7.34. The SMILES string of the molecule is CN1CCN(C(=O)CC(C(N)=O)C2CC(C(F)(F)F)CN(c3ccc(C#N)c4ncccc34)C2)CC1. The summed E-state index contributed by atoms with van der Waals surface area (Å²) in [4.78, 5) is 35.0. The maximum Gasteiger partial charge on any atom is 0.393 e. The summed E-state index contributed by atoms with van der Waals surface area (Å²) in [6.07, 6.45) is -3.45. The lowest BCUT2D eigenvalue weighted by Gasteiger charge is -2.42. The van der Waals surface area contributed by atoms with Gasteiger partial charge in [0.15, 0.2) is 0 Å². The third kappa shape index (κ3) is 5.38. The molecular formula is C25H29F3N6O2. The van der Waals surface area contributed by atoms with Crippen molar-refractivity contribution in [1.82, 2.24) is 14.8 Å². The molecule has 2 aliphatic heterocycles. The van der Waals surface area contributed by atoms with Gasteiger partial charge in [-0.05, 0) is 43.7 Å². The highest BCUT2D eigenvalue weighted by atomic mass is 19.4. The van der Waals surface area contributed by atoms with E-state index in [4.69, 9.17) is 5.73 Å². The van der Waals surface area contributed by atoms with E-state index >= 15 is 0 Å². The fourth-order valence-electron chi connectivity index (χ4n) is 5.26. The monoisotopic (exact) mass is 502 g/mol. The van der Waals surface area contributed by atoms with Gasteiger partial charge in [-0.15, -0.1) is 0 Å². The first-order chi connectivity index (χ1) is 17.1. The van der Waals surface area contributed by atoms with Gasteiger partial charge in [0.25, 0.3) is 0 Å². The van der Waals surface area contributed by atoms with Crippen molar-refractivity contribution in [3.05, 3.63) is 36.0 Å². The number of rotatable bonds is 5. The molecular weight excluding hydrogens is 473 g/mol. The van der Waals surface area contributed by atoms with E-state index in [1.165, 1.54) is 6.20 Å². The summed E-state index contributed by atoms with van der Waals surface area (Å²) < 4.78 is 42.0. The van der Waals surface area contributed by atoms with Crippen molar-refractivity contribution < 1.29 is 22.8 Å². The minimum Gasteiger partial charge on any atom is -0.370 e. The Bertz CT molecular complexity index is 1170. The van der Waals surface area contributed by atoms with Crippen LogP contribution >= 0.6 is 0 Å². The van der Waals surface area contributed by atoms with Gasteiger partial charge in [-0.2, -0.15) is 18.4 Å². The first-order valence-electron chi connectivity index (χ1n) is 11.9. The van der Waals surface area contributed by atoms with Crippen LogP contribution in [0, 0.1) is 29.1 Å². The molecule has 2 amide bonds. The minimum absolute atomic E-state index is 0.131. The van der Waals surface area contributed by atoms with Crippen molar-refractivity contribution >= 4 is 28.4 Å². The van der Waals surface area contributed by atoms with Gasteiger partial charge in [-0.1, -0.05) is 0 Å². The number of primary amides is 1. The van der Waals surface area contributed by atoms with E-state index in [1.54, 1.807) is 34.1 Å². The zero-order chi connectivity index (χ0) is 26.0. The molecule has 2 aliphatic rings. The second-order valence-electron chi connectivity index (χ2n) is 9.68. The molecule has 0 aliphatic carbocycles. The highest BCUT2D eigenvalue weighted by Gasteiger charge is 2.47. The molecule has 0 saturated carbocycles. The number of fused-ring (bicyclic) bond motifs is 1. The molecule has 3 unspecified atom stereocenters. The molecule has 0 spiro atoms. The Hall–Kier alpha value is -3.39. The number of piperidine rings is 1. The molecule has 2 aromatic rings. The number of amides is 2. The van der Waals surface area contributed by atoms with E-state index in [9.17, 15) is 28.0 Å². The lowest BCUT2D eigenvalue weighted by atomic mass is 9.78. The molecule has 0 radical (unpaired) electrons. The summed E-state index contributed by atoms with van der Waals surface area (Å²) in [5.41, 5.74) is 6.90. The molecule has 11 heteroatoms. The van der Waals surface area contributed by atoms with Crippen LogP contribution in [-0.2, 0) is 9.59 Å². The van der Waals surface area contributed by atoms with Gasteiger partial charge in [0.05, 0.1) is 22.9 Å². The molecule has 2 saturated heterocycles. The third-order valence-corrected chi connectivity index (χ3v) is 7.34. The van der Waals surface area contributed by atoms with E-state index in [0.29, 0.717) is 48.3 Å². The van der Waals surface area contributed by atoms with E-state index in [-0.39, 0.29) is 31.8 Å². The second kappa shape index (κ2) is 10.3. The smallest absolute Gasteiger partial charge is 0.370 e. The van der Waals surface area contributed by atoms with Crippen molar-refractivity contribution in [3.63, 3.8) is 0 Å². The number of nitriles is 1. The van der Waals surface area contributed by atoms with E-state index in [2.05, 4.69) is 16.0 Å². The van der Waals surface area contributed by atoms with Crippen LogP contribution < -0.4 is 10.6 Å². The van der Waals surface area contributed by atoms with Crippen LogP contribution in [0.3, 0.4) is 0 Å². The van der Waals surface area contributed by atoms with Gasteiger partial charge in [0.1, 0.15) is 6.07 Å². The van der Waals surface area contributed by atoms with Crippen LogP contribution in [0.15, 0.2) is 30.5 Å². The Morgan fingerprint density at radius 2 is 1.92 bits per heavy atom. The van der Waals surface area contributed by atoms with Gasteiger partial charge < -0.3 is 20.4 Å². The first kappa shape index (κ1) is 25.7. The molecule has 2 fully saturated rings. The predicted octanol–water partition coefficient (Wildman–Crippen LogP) is 2.38. The number of alkyl halides is 3. The van der Waals surface area contributed by atoms with Gasteiger partial charge >= 0.3 is 6.18 Å². The van der Waals surface area contributed by atoms with Crippen molar-refractivity contribution in [2.24, 2.45) is 23.5 Å². The molecule has 36 heavy (non-hydrogen) atoms. The van der Waals surface area contributed by atoms with Gasteiger partial charge in [0, 0.05) is 63.0 Å². The number of nitrogens with zero attached hydrogens (tertiary/aromatic N) is 5. The van der Waals surface area contributed by atoms with Crippen LogP contribution in [0.25, 0.3) is 10.9 Å². The van der Waals surface area contributed by atoms with Gasteiger partial charge in [-0.25, -0.2) is 0 Å². The average Bonchev–Trinajstić information content (AvgIpc) is 2.85. The fourth-order valence-corrected chi connectivity index (χ4v) is 5.26. The van der Waals surface area contributed by atoms with Gasteiger partial charge in [-0.3, -0.25) is 14.6 Å². The molecule has 2 N–H and O–H groups in total. The number of nitrogens with two attached hydrogens (primary N) is 1. The molecule has 0 bridgehead atoms. The number of hydrogen-bond acceptors (Lipinski definition) is 6. The number of anilines is 1. The number of pyridine rings is 1. The molecule has 3 heterocycles. The topological polar surface area (TPSA) is 107 Å². The maximum absolute atomic E-state index is 14.0. The Morgan fingerprint density at radius 1 is 1.19 bits per heavy atom. The zero-order valence-electron chi connectivity index (χ0n) is 20.0. The molecule has 8 nitrogen and oxygen atoms in total. The normalized spacial score (nSPS) is 22.3. The summed E-state index contributed by atoms with van der Waals surface area (Å²) in [5, 5.41) is 9.98. The van der Waals surface area contributed by atoms with E-state index < -0.39 is 29.8 Å². The van der Waals surface area contributed by atoms with Gasteiger partial charge in [0.2, 0.25) is 11.8 Å². The van der Waals surface area contributed by atoms with Crippen LogP contribution in [0.1, 0.15) is 18.4 Å². The minimum atomic E-state index is -4.48. The average molecular weight is 503 g/mol. The maximum atomic E-state index is 14.0. The highest BCUT2D eigenvalue weighted by Crippen LogP contribution is 2.41.